The van der Waals surface area contributed by atoms with Crippen LogP contribution in [0.1, 0.15) is 11.3 Å². The summed E-state index contributed by atoms with van der Waals surface area (Å²) in [5, 5.41) is 9.08. The molecule has 0 saturated heterocycles. The van der Waals surface area contributed by atoms with Gasteiger partial charge >= 0.3 is 5.97 Å². The minimum Gasteiger partial charge on any atom is -0.469 e. The van der Waals surface area contributed by atoms with Crippen molar-refractivity contribution in [1.29, 1.82) is 5.26 Å². The predicted octanol–water partition coefficient (Wildman–Crippen LogP) is 2.06. The first-order valence-electron chi connectivity index (χ1n) is 5.49. The van der Waals surface area contributed by atoms with E-state index in [-0.39, 0.29) is 12.4 Å². The molecule has 2 aromatic rings. The maximum Gasteiger partial charge on any atom is 0.311 e. The number of hydrogen-bond donors (Lipinski definition) is 0. The highest BCUT2D eigenvalue weighted by Gasteiger charge is 2.10. The Kier molecular flexibility index (Phi) is 3.44. The molecule has 2 rings (SSSR count). The van der Waals surface area contributed by atoms with Crippen molar-refractivity contribution in [3.63, 3.8) is 0 Å². The van der Waals surface area contributed by atoms with E-state index in [1.165, 1.54) is 7.11 Å². The second kappa shape index (κ2) is 5.19. The van der Waals surface area contributed by atoms with Crippen molar-refractivity contribution in [3.8, 4) is 11.8 Å². The smallest absolute Gasteiger partial charge is 0.311 e. The molecule has 4 heteroatoms. The van der Waals surface area contributed by atoms with Crippen LogP contribution in [0.25, 0.3) is 5.69 Å². The van der Waals surface area contributed by atoms with E-state index in [0.717, 1.165) is 11.4 Å². The Labute approximate surface area is 105 Å². The largest absolute Gasteiger partial charge is 0.469 e. The SMILES string of the molecule is COC(=O)Cc1cccn1-c1ccccc1C#N. The Morgan fingerprint density at radius 2 is 2.11 bits per heavy atom. The summed E-state index contributed by atoms with van der Waals surface area (Å²) >= 11 is 0. The standard InChI is InChI=1S/C14H12N2O2/c1-18-14(17)9-12-6-4-8-16(12)13-7-3-2-5-11(13)10-15/h2-8H,9H2,1H3. The van der Waals surface area contributed by atoms with Crippen LogP contribution >= 0.6 is 0 Å². The summed E-state index contributed by atoms with van der Waals surface area (Å²) in [6, 6.07) is 13.1. The van der Waals surface area contributed by atoms with Crippen molar-refractivity contribution in [2.45, 2.75) is 6.42 Å². The summed E-state index contributed by atoms with van der Waals surface area (Å²) in [4.78, 5) is 11.3. The molecule has 0 unspecified atom stereocenters. The molecule has 0 fully saturated rings. The predicted molar refractivity (Wildman–Crippen MR) is 66.2 cm³/mol. The number of esters is 1. The first-order valence-corrected chi connectivity index (χ1v) is 5.49. The number of nitriles is 1. The molecule has 18 heavy (non-hydrogen) atoms. The van der Waals surface area contributed by atoms with Gasteiger partial charge in [0.2, 0.25) is 0 Å². The number of hydrogen-bond acceptors (Lipinski definition) is 3. The van der Waals surface area contributed by atoms with Crippen LogP contribution in [0, 0.1) is 11.3 Å². The van der Waals surface area contributed by atoms with Gasteiger partial charge < -0.3 is 9.30 Å². The Balaban J connectivity index is 2.43. The highest BCUT2D eigenvalue weighted by atomic mass is 16.5. The number of rotatable bonds is 3. The van der Waals surface area contributed by atoms with E-state index < -0.39 is 0 Å². The molecule has 1 aromatic heterocycles. The van der Waals surface area contributed by atoms with E-state index in [1.54, 1.807) is 6.07 Å². The summed E-state index contributed by atoms with van der Waals surface area (Å²) in [6.45, 7) is 0. The Hall–Kier alpha value is -2.54. The minimum atomic E-state index is -0.301. The van der Waals surface area contributed by atoms with Crippen LogP contribution in [-0.4, -0.2) is 17.6 Å². The van der Waals surface area contributed by atoms with Gasteiger partial charge in [0.25, 0.3) is 0 Å². The first-order chi connectivity index (χ1) is 8.76. The third-order valence-electron chi connectivity index (χ3n) is 2.67. The quantitative estimate of drug-likeness (QED) is 0.772. The van der Waals surface area contributed by atoms with Gasteiger partial charge in [0.15, 0.2) is 0 Å². The van der Waals surface area contributed by atoms with E-state index in [1.807, 2.05) is 41.1 Å². The Morgan fingerprint density at radius 1 is 1.33 bits per heavy atom. The lowest BCUT2D eigenvalue weighted by Gasteiger charge is -2.09. The number of benzene rings is 1. The number of carbonyl (C=O) groups excluding carboxylic acids is 1. The fourth-order valence-electron chi connectivity index (χ4n) is 1.79. The lowest BCUT2D eigenvalue weighted by Crippen LogP contribution is -2.09. The van der Waals surface area contributed by atoms with Crippen molar-refractivity contribution in [2.24, 2.45) is 0 Å². The van der Waals surface area contributed by atoms with E-state index in [2.05, 4.69) is 10.8 Å². The maximum atomic E-state index is 11.3. The Morgan fingerprint density at radius 3 is 2.83 bits per heavy atom. The molecule has 1 heterocycles. The molecular weight excluding hydrogens is 228 g/mol. The van der Waals surface area contributed by atoms with Gasteiger partial charge in [-0.15, -0.1) is 0 Å². The minimum absolute atomic E-state index is 0.184. The number of ether oxygens (including phenoxy) is 1. The van der Waals surface area contributed by atoms with Gasteiger partial charge in [-0.25, -0.2) is 0 Å². The Bertz CT molecular complexity index is 608. The van der Waals surface area contributed by atoms with Crippen LogP contribution < -0.4 is 0 Å². The van der Waals surface area contributed by atoms with E-state index in [0.29, 0.717) is 5.56 Å². The van der Waals surface area contributed by atoms with Gasteiger partial charge in [0.1, 0.15) is 6.07 Å². The van der Waals surface area contributed by atoms with Crippen LogP contribution in [0.5, 0.6) is 0 Å². The molecule has 0 N–H and O–H groups in total. The molecule has 0 spiro atoms. The highest BCUT2D eigenvalue weighted by molar-refractivity contribution is 5.72. The average Bonchev–Trinajstić information content (AvgIpc) is 2.86. The van der Waals surface area contributed by atoms with Gasteiger partial charge in [0, 0.05) is 11.9 Å². The third-order valence-corrected chi connectivity index (χ3v) is 2.67. The summed E-state index contributed by atoms with van der Waals surface area (Å²) in [5.41, 5.74) is 2.13. The van der Waals surface area contributed by atoms with Gasteiger partial charge in [0.05, 0.1) is 24.8 Å². The molecular formula is C14H12N2O2. The summed E-state index contributed by atoms with van der Waals surface area (Å²) in [6.07, 6.45) is 2.01. The molecule has 0 amide bonds. The molecule has 90 valence electrons. The number of nitrogens with zero attached hydrogens (tertiary/aromatic N) is 2. The van der Waals surface area contributed by atoms with Crippen LogP contribution in [0.4, 0.5) is 0 Å². The summed E-state index contributed by atoms with van der Waals surface area (Å²) < 4.78 is 6.48. The summed E-state index contributed by atoms with van der Waals surface area (Å²) in [7, 11) is 1.36. The first kappa shape index (κ1) is 11.9. The highest BCUT2D eigenvalue weighted by Crippen LogP contribution is 2.17. The molecule has 0 saturated carbocycles. The average molecular weight is 240 g/mol. The van der Waals surface area contributed by atoms with Crippen LogP contribution in [-0.2, 0) is 16.0 Å². The van der Waals surface area contributed by atoms with Crippen molar-refractivity contribution < 1.29 is 9.53 Å². The lowest BCUT2D eigenvalue weighted by molar-refractivity contribution is -0.139. The molecule has 0 aliphatic rings. The second-order valence-electron chi connectivity index (χ2n) is 3.75. The molecule has 0 atom stereocenters. The molecule has 0 bridgehead atoms. The number of para-hydroxylation sites is 1. The second-order valence-corrected chi connectivity index (χ2v) is 3.75. The zero-order chi connectivity index (χ0) is 13.0. The monoisotopic (exact) mass is 240 g/mol. The van der Waals surface area contributed by atoms with Crippen molar-refractivity contribution >= 4 is 5.97 Å². The topological polar surface area (TPSA) is 55.0 Å². The zero-order valence-electron chi connectivity index (χ0n) is 9.96. The van der Waals surface area contributed by atoms with Gasteiger partial charge in [-0.05, 0) is 24.3 Å². The molecule has 0 aliphatic heterocycles. The van der Waals surface area contributed by atoms with Crippen molar-refractivity contribution in [2.75, 3.05) is 7.11 Å². The maximum absolute atomic E-state index is 11.3. The molecule has 0 radical (unpaired) electrons. The van der Waals surface area contributed by atoms with Crippen molar-refractivity contribution in [1.82, 2.24) is 4.57 Å². The van der Waals surface area contributed by atoms with Gasteiger partial charge in [-0.3, -0.25) is 4.79 Å². The number of methoxy groups -OCH3 is 1. The molecule has 4 nitrogen and oxygen atoms in total. The lowest BCUT2D eigenvalue weighted by atomic mass is 10.2. The van der Waals surface area contributed by atoms with Crippen LogP contribution in [0.15, 0.2) is 42.6 Å². The van der Waals surface area contributed by atoms with Gasteiger partial charge in [-0.1, -0.05) is 12.1 Å². The van der Waals surface area contributed by atoms with E-state index in [4.69, 9.17) is 5.26 Å². The van der Waals surface area contributed by atoms with E-state index in [9.17, 15) is 4.79 Å². The number of carbonyl (C=O) groups is 1. The third kappa shape index (κ3) is 2.25. The van der Waals surface area contributed by atoms with Crippen molar-refractivity contribution in [3.05, 3.63) is 53.9 Å². The summed E-state index contributed by atoms with van der Waals surface area (Å²) in [5.74, 6) is -0.301. The fourth-order valence-corrected chi connectivity index (χ4v) is 1.79. The van der Waals surface area contributed by atoms with E-state index >= 15 is 0 Å². The fraction of sp³-hybridized carbons (Fsp3) is 0.143. The molecule has 1 aromatic carbocycles. The molecule has 0 aliphatic carbocycles. The zero-order valence-corrected chi connectivity index (χ0v) is 9.96. The number of aromatic nitrogens is 1. The van der Waals surface area contributed by atoms with Gasteiger partial charge in [-0.2, -0.15) is 5.26 Å². The normalized spacial score (nSPS) is 9.78. The van der Waals surface area contributed by atoms with Crippen LogP contribution in [0.2, 0.25) is 0 Å². The van der Waals surface area contributed by atoms with Crippen LogP contribution in [0.3, 0.4) is 0 Å².